The molecule has 1 aliphatic heterocycles. The quantitative estimate of drug-likeness (QED) is 0.199. The fourth-order valence-corrected chi connectivity index (χ4v) is 4.74. The summed E-state index contributed by atoms with van der Waals surface area (Å²) in [4.78, 5) is 2.40. The Morgan fingerprint density at radius 2 is 0.610 bits per heavy atom. The second-order valence-electron chi connectivity index (χ2n) is 8.78. The molecule has 0 N–H and O–H groups in total. The Hall–Kier alpha value is -3.32. The highest BCUT2D eigenvalue weighted by molar-refractivity contribution is 5.74. The molecule has 1 heterocycles. The van der Waals surface area contributed by atoms with E-state index in [1.54, 1.807) is 0 Å². The molecule has 0 radical (unpaired) electrons. The van der Waals surface area contributed by atoms with Crippen LogP contribution in [0, 0.1) is 0 Å². The highest BCUT2D eigenvalue weighted by Gasteiger charge is 2.20. The van der Waals surface area contributed by atoms with E-state index in [0.717, 1.165) is 25.8 Å². The van der Waals surface area contributed by atoms with Gasteiger partial charge in [-0.25, -0.2) is 0 Å². The van der Waals surface area contributed by atoms with Gasteiger partial charge in [-0.1, -0.05) is 161 Å². The largest absolute Gasteiger partial charge is 0.341 e. The fourth-order valence-electron chi connectivity index (χ4n) is 4.74. The van der Waals surface area contributed by atoms with Crippen molar-refractivity contribution in [1.29, 1.82) is 0 Å². The van der Waals surface area contributed by atoms with Gasteiger partial charge in [0, 0.05) is 24.3 Å². The van der Waals surface area contributed by atoms with E-state index in [4.69, 9.17) is 0 Å². The van der Waals surface area contributed by atoms with Crippen molar-refractivity contribution in [2.45, 2.75) is 102 Å². The van der Waals surface area contributed by atoms with Crippen molar-refractivity contribution in [3.8, 4) is 0 Å². The van der Waals surface area contributed by atoms with Gasteiger partial charge in [-0.05, 0) is 65.3 Å². The molecule has 4 aromatic rings. The Morgan fingerprint density at radius 3 is 0.878 bits per heavy atom. The molecule has 41 heavy (non-hydrogen) atoms. The Balaban J connectivity index is 0.000000587. The lowest BCUT2D eigenvalue weighted by atomic mass is 9.86. The van der Waals surface area contributed by atoms with E-state index in [0.29, 0.717) is 0 Å². The van der Waals surface area contributed by atoms with Crippen LogP contribution in [0.5, 0.6) is 0 Å². The number of hydrogen-bond acceptors (Lipinski definition) is 1. The summed E-state index contributed by atoms with van der Waals surface area (Å²) >= 11 is 0. The van der Waals surface area contributed by atoms with Crippen LogP contribution in [0.2, 0.25) is 0 Å². The monoisotopic (exact) mass is 553 g/mol. The molecule has 0 bridgehead atoms. The van der Waals surface area contributed by atoms with Crippen LogP contribution in [0.15, 0.2) is 97.1 Å². The molecule has 1 heteroatoms. The number of para-hydroxylation sites is 2. The molecule has 1 nitrogen and oxygen atoms in total. The van der Waals surface area contributed by atoms with Crippen LogP contribution in [-0.4, -0.2) is 6.54 Å². The maximum Gasteiger partial charge on any atom is 0.0446 e. The van der Waals surface area contributed by atoms with Gasteiger partial charge in [0.1, 0.15) is 0 Å². The minimum atomic E-state index is 1.02. The third-order valence-electron chi connectivity index (χ3n) is 6.26. The second-order valence-corrected chi connectivity index (χ2v) is 8.78. The first-order valence-corrected chi connectivity index (χ1v) is 16.3. The van der Waals surface area contributed by atoms with Gasteiger partial charge >= 0.3 is 0 Å². The van der Waals surface area contributed by atoms with Crippen molar-refractivity contribution < 1.29 is 0 Å². The average molecular weight is 554 g/mol. The Bertz CT molecular complexity index is 1060. The highest BCUT2D eigenvalue weighted by atomic mass is 15.1. The van der Waals surface area contributed by atoms with Gasteiger partial charge in [0.05, 0.1) is 0 Å². The van der Waals surface area contributed by atoms with Crippen LogP contribution < -0.4 is 4.90 Å². The zero-order valence-electron chi connectivity index (χ0n) is 28.2. The van der Waals surface area contributed by atoms with Gasteiger partial charge in [0.15, 0.2) is 0 Å². The van der Waals surface area contributed by atoms with Gasteiger partial charge in [-0.2, -0.15) is 0 Å². The number of rotatable bonds is 1. The predicted octanol–water partition coefficient (Wildman–Crippen LogP) is 12.5. The summed E-state index contributed by atoms with van der Waals surface area (Å²) in [6, 6.07) is 34.9. The van der Waals surface area contributed by atoms with Crippen molar-refractivity contribution >= 4 is 11.4 Å². The number of fused-ring (bicyclic) bond motifs is 4. The summed E-state index contributed by atoms with van der Waals surface area (Å²) in [5, 5.41) is 0. The molecule has 0 unspecified atom stereocenters. The van der Waals surface area contributed by atoms with Crippen LogP contribution in [0.1, 0.15) is 116 Å². The van der Waals surface area contributed by atoms with Gasteiger partial charge in [0.25, 0.3) is 0 Å². The molecular formula is C40H59N. The van der Waals surface area contributed by atoms with Crippen molar-refractivity contribution in [3.63, 3.8) is 0 Å². The first-order valence-electron chi connectivity index (χ1n) is 16.3. The molecule has 0 atom stereocenters. The number of anilines is 2. The molecule has 0 aromatic heterocycles. The third kappa shape index (κ3) is 11.2. The topological polar surface area (TPSA) is 3.24 Å². The lowest BCUT2D eigenvalue weighted by Gasteiger charge is -2.32. The summed E-state index contributed by atoms with van der Waals surface area (Å²) < 4.78 is 0. The maximum atomic E-state index is 2.40. The third-order valence-corrected chi connectivity index (χ3v) is 6.26. The van der Waals surface area contributed by atoms with Crippen LogP contribution in [0.3, 0.4) is 0 Å². The van der Waals surface area contributed by atoms with E-state index < -0.39 is 0 Å². The summed E-state index contributed by atoms with van der Waals surface area (Å²) in [5.74, 6) is 0. The van der Waals surface area contributed by atoms with Gasteiger partial charge in [0.2, 0.25) is 0 Å². The lowest BCUT2D eigenvalue weighted by Crippen LogP contribution is -2.22. The van der Waals surface area contributed by atoms with Gasteiger partial charge in [-0.15, -0.1) is 0 Å². The smallest absolute Gasteiger partial charge is 0.0446 e. The molecule has 4 aromatic carbocycles. The zero-order valence-corrected chi connectivity index (χ0v) is 28.2. The molecule has 1 aliphatic carbocycles. The molecule has 0 fully saturated rings. The highest BCUT2D eigenvalue weighted by Crippen LogP contribution is 2.37. The molecule has 0 spiro atoms. The molecule has 0 saturated carbocycles. The summed E-state index contributed by atoms with van der Waals surface area (Å²) in [6.07, 6.45) is 4.52. The standard InChI is InChI=1S/C15H15N.C14H12.C3H8.4C2H6/c1-2-16-14-9-5-3-7-12(14)11-13-8-4-6-10-15(13)16;1-2-6-12-10-14-8-4-3-7-13(14)9-11(12)5-1;1-3-2;4*1-2/h3-10H,2,11H2,1H3;1-8H,9-10H2;3H2,1-2H3;4*1-2H3. The van der Waals surface area contributed by atoms with Gasteiger partial charge in [-0.3, -0.25) is 0 Å². The van der Waals surface area contributed by atoms with Crippen molar-refractivity contribution in [2.75, 3.05) is 11.4 Å². The molecule has 0 saturated heterocycles. The Morgan fingerprint density at radius 1 is 0.390 bits per heavy atom. The van der Waals surface area contributed by atoms with E-state index in [2.05, 4.69) is 123 Å². The fraction of sp³-hybridized carbons (Fsp3) is 0.400. The van der Waals surface area contributed by atoms with Crippen LogP contribution in [0.4, 0.5) is 11.4 Å². The Kier molecular flexibility index (Phi) is 21.5. The van der Waals surface area contributed by atoms with E-state index >= 15 is 0 Å². The molecule has 224 valence electrons. The summed E-state index contributed by atoms with van der Waals surface area (Å²) in [7, 11) is 0. The maximum absolute atomic E-state index is 2.40. The van der Waals surface area contributed by atoms with Crippen LogP contribution in [-0.2, 0) is 19.3 Å². The lowest BCUT2D eigenvalue weighted by molar-refractivity contribution is 0.961. The van der Waals surface area contributed by atoms with E-state index in [1.807, 2.05) is 55.4 Å². The molecule has 0 amide bonds. The summed E-state index contributed by atoms with van der Waals surface area (Å²) in [6.45, 7) is 23.5. The van der Waals surface area contributed by atoms with E-state index in [1.165, 1.54) is 51.2 Å². The minimum absolute atomic E-state index is 1.02. The first kappa shape index (κ1) is 37.7. The zero-order chi connectivity index (χ0) is 31.0. The predicted molar refractivity (Wildman–Crippen MR) is 188 cm³/mol. The van der Waals surface area contributed by atoms with Crippen LogP contribution >= 0.6 is 0 Å². The number of nitrogens with zero attached hydrogens (tertiary/aromatic N) is 1. The normalized spacial score (nSPS) is 10.7. The average Bonchev–Trinajstić information content (AvgIpc) is 3.07. The second kappa shape index (κ2) is 23.4. The Labute approximate surface area is 254 Å². The van der Waals surface area contributed by atoms with Gasteiger partial charge < -0.3 is 4.90 Å². The van der Waals surface area contributed by atoms with Crippen molar-refractivity contribution in [3.05, 3.63) is 130 Å². The number of benzene rings is 4. The van der Waals surface area contributed by atoms with Crippen LogP contribution in [0.25, 0.3) is 0 Å². The van der Waals surface area contributed by atoms with E-state index in [9.17, 15) is 0 Å². The molecule has 6 rings (SSSR count). The molecular weight excluding hydrogens is 494 g/mol. The minimum Gasteiger partial charge on any atom is -0.341 e. The summed E-state index contributed by atoms with van der Waals surface area (Å²) in [5.41, 5.74) is 11.6. The van der Waals surface area contributed by atoms with Crippen molar-refractivity contribution in [1.82, 2.24) is 0 Å². The number of hydrogen-bond donors (Lipinski definition) is 0. The molecule has 2 aliphatic rings. The first-order chi connectivity index (χ1) is 20.2. The van der Waals surface area contributed by atoms with Crippen molar-refractivity contribution in [2.24, 2.45) is 0 Å². The SMILES string of the molecule is CC.CC.CC.CC.CCC.CCN1c2ccccc2Cc2ccccc21.c1ccc2c(c1)Cc1ccccc1C2. The van der Waals surface area contributed by atoms with E-state index in [-0.39, 0.29) is 0 Å².